The third-order valence-electron chi connectivity index (χ3n) is 3.71. The van der Waals surface area contributed by atoms with Crippen molar-refractivity contribution in [3.05, 3.63) is 22.2 Å². The maximum Gasteiger partial charge on any atom is 0.162 e. The lowest BCUT2D eigenvalue weighted by atomic mass is 9.94. The molecule has 5 heteroatoms. The van der Waals surface area contributed by atoms with E-state index in [0.717, 1.165) is 40.9 Å². The monoisotopic (exact) mass is 327 g/mol. The number of halogens is 1. The Morgan fingerprint density at radius 3 is 2.63 bits per heavy atom. The molecular formula is C14H18BrNO3. The number of nitrogens with one attached hydrogen (secondary N) is 1. The smallest absolute Gasteiger partial charge is 0.162 e. The molecule has 0 amide bonds. The summed E-state index contributed by atoms with van der Waals surface area (Å²) in [5.74, 6) is 1.46. The van der Waals surface area contributed by atoms with Gasteiger partial charge in [-0.3, -0.25) is 0 Å². The average molecular weight is 328 g/mol. The summed E-state index contributed by atoms with van der Waals surface area (Å²) in [6, 6.07) is 3.89. The lowest BCUT2D eigenvalue weighted by Crippen LogP contribution is -2.38. The van der Waals surface area contributed by atoms with E-state index in [1.807, 2.05) is 12.1 Å². The summed E-state index contributed by atoms with van der Waals surface area (Å²) in [6.45, 7) is 2.11. The molecule has 4 nitrogen and oxygen atoms in total. The number of piperidine rings is 1. The second-order valence-electron chi connectivity index (χ2n) is 5.02. The van der Waals surface area contributed by atoms with Gasteiger partial charge in [-0.25, -0.2) is 0 Å². The molecule has 0 aromatic heterocycles. The molecule has 19 heavy (non-hydrogen) atoms. The maximum atomic E-state index is 10.5. The molecule has 2 aliphatic rings. The van der Waals surface area contributed by atoms with Gasteiger partial charge in [0, 0.05) is 16.1 Å². The summed E-state index contributed by atoms with van der Waals surface area (Å²) in [5.41, 5.74) is 0.864. The van der Waals surface area contributed by atoms with Gasteiger partial charge in [-0.05, 0) is 31.5 Å². The van der Waals surface area contributed by atoms with Crippen LogP contribution in [0.5, 0.6) is 11.5 Å². The van der Waals surface area contributed by atoms with Crippen LogP contribution >= 0.6 is 15.9 Å². The Bertz CT molecular complexity index is 460. The minimum absolute atomic E-state index is 0.118. The molecule has 1 saturated heterocycles. The fourth-order valence-corrected chi connectivity index (χ4v) is 3.23. The summed E-state index contributed by atoms with van der Waals surface area (Å²) in [6.07, 6.45) is 2.83. The number of rotatable bonds is 2. The predicted molar refractivity (Wildman–Crippen MR) is 75.7 cm³/mol. The molecule has 3 rings (SSSR count). The highest BCUT2D eigenvalue weighted by Crippen LogP contribution is 2.39. The van der Waals surface area contributed by atoms with E-state index in [9.17, 15) is 5.11 Å². The lowest BCUT2D eigenvalue weighted by molar-refractivity contribution is 0.112. The highest BCUT2D eigenvalue weighted by atomic mass is 79.9. The molecule has 1 fully saturated rings. The van der Waals surface area contributed by atoms with Crippen LogP contribution in [0.1, 0.15) is 30.9 Å². The summed E-state index contributed by atoms with van der Waals surface area (Å²) >= 11 is 3.52. The third-order valence-corrected chi connectivity index (χ3v) is 4.40. The summed E-state index contributed by atoms with van der Waals surface area (Å²) in [7, 11) is 0. The van der Waals surface area contributed by atoms with Gasteiger partial charge in [0.2, 0.25) is 0 Å². The zero-order chi connectivity index (χ0) is 13.2. The van der Waals surface area contributed by atoms with Gasteiger partial charge >= 0.3 is 0 Å². The molecule has 2 atom stereocenters. The van der Waals surface area contributed by atoms with Crippen LogP contribution < -0.4 is 14.8 Å². The van der Waals surface area contributed by atoms with Crippen LogP contribution in [-0.4, -0.2) is 30.9 Å². The van der Waals surface area contributed by atoms with Gasteiger partial charge in [0.1, 0.15) is 13.2 Å². The Kier molecular flexibility index (Phi) is 3.96. The van der Waals surface area contributed by atoms with Crippen LogP contribution in [0.25, 0.3) is 0 Å². The van der Waals surface area contributed by atoms with Gasteiger partial charge in [0.05, 0.1) is 6.10 Å². The van der Waals surface area contributed by atoms with Gasteiger partial charge in [-0.2, -0.15) is 0 Å². The van der Waals surface area contributed by atoms with E-state index in [2.05, 4.69) is 21.2 Å². The first-order valence-electron chi connectivity index (χ1n) is 6.76. The van der Waals surface area contributed by atoms with Crippen molar-refractivity contribution in [1.82, 2.24) is 5.32 Å². The molecule has 0 bridgehead atoms. The Balaban J connectivity index is 1.86. The van der Waals surface area contributed by atoms with Crippen LogP contribution in [0.3, 0.4) is 0 Å². The largest absolute Gasteiger partial charge is 0.486 e. The maximum absolute atomic E-state index is 10.5. The fourth-order valence-electron chi connectivity index (χ4n) is 2.67. The van der Waals surface area contributed by atoms with E-state index >= 15 is 0 Å². The number of hydrogen-bond donors (Lipinski definition) is 2. The van der Waals surface area contributed by atoms with E-state index in [4.69, 9.17) is 9.47 Å². The molecule has 2 unspecified atom stereocenters. The molecular weight excluding hydrogens is 310 g/mol. The van der Waals surface area contributed by atoms with Crippen molar-refractivity contribution in [1.29, 1.82) is 0 Å². The van der Waals surface area contributed by atoms with Crippen LogP contribution in [0.2, 0.25) is 0 Å². The molecule has 2 heterocycles. The molecule has 0 spiro atoms. The molecule has 0 saturated carbocycles. The first-order chi connectivity index (χ1) is 9.25. The third kappa shape index (κ3) is 2.73. The van der Waals surface area contributed by atoms with Gasteiger partial charge in [0.15, 0.2) is 11.5 Å². The fraction of sp³-hybridized carbons (Fsp3) is 0.571. The zero-order valence-corrected chi connectivity index (χ0v) is 12.3. The molecule has 1 aromatic rings. The predicted octanol–water partition coefficient (Wildman–Crippen LogP) is 2.40. The highest BCUT2D eigenvalue weighted by Gasteiger charge is 2.26. The van der Waals surface area contributed by atoms with E-state index in [1.54, 1.807) is 0 Å². The lowest BCUT2D eigenvalue weighted by Gasteiger charge is -2.29. The van der Waals surface area contributed by atoms with Gasteiger partial charge < -0.3 is 19.9 Å². The highest BCUT2D eigenvalue weighted by molar-refractivity contribution is 9.10. The van der Waals surface area contributed by atoms with Crippen molar-refractivity contribution >= 4 is 15.9 Å². The summed E-state index contributed by atoms with van der Waals surface area (Å²) in [4.78, 5) is 0. The van der Waals surface area contributed by atoms with E-state index in [1.165, 1.54) is 6.42 Å². The van der Waals surface area contributed by atoms with Crippen molar-refractivity contribution < 1.29 is 14.6 Å². The Morgan fingerprint density at radius 2 is 1.95 bits per heavy atom. The number of hydrogen-bond acceptors (Lipinski definition) is 4. The van der Waals surface area contributed by atoms with Crippen LogP contribution in [0, 0.1) is 0 Å². The second-order valence-corrected chi connectivity index (χ2v) is 5.87. The summed E-state index contributed by atoms with van der Waals surface area (Å²) < 4.78 is 12.0. The molecule has 104 valence electrons. The first-order valence-corrected chi connectivity index (χ1v) is 7.55. The van der Waals surface area contributed by atoms with E-state index in [-0.39, 0.29) is 6.04 Å². The molecule has 1 aromatic carbocycles. The topological polar surface area (TPSA) is 50.7 Å². The Morgan fingerprint density at radius 1 is 1.21 bits per heavy atom. The molecule has 2 N–H and O–H groups in total. The van der Waals surface area contributed by atoms with Crippen LogP contribution in [0.4, 0.5) is 0 Å². The van der Waals surface area contributed by atoms with Crippen LogP contribution in [0.15, 0.2) is 16.6 Å². The minimum atomic E-state index is -0.523. The molecule has 2 aliphatic heterocycles. The number of aliphatic hydroxyl groups is 1. The summed E-state index contributed by atoms with van der Waals surface area (Å²) in [5, 5.41) is 13.9. The van der Waals surface area contributed by atoms with Crippen molar-refractivity contribution in [2.24, 2.45) is 0 Å². The van der Waals surface area contributed by atoms with Crippen molar-refractivity contribution in [2.75, 3.05) is 19.8 Å². The quantitative estimate of drug-likeness (QED) is 0.875. The van der Waals surface area contributed by atoms with Crippen LogP contribution in [-0.2, 0) is 0 Å². The van der Waals surface area contributed by atoms with E-state index in [0.29, 0.717) is 13.2 Å². The van der Waals surface area contributed by atoms with Crippen molar-refractivity contribution in [2.45, 2.75) is 31.4 Å². The van der Waals surface area contributed by atoms with Gasteiger partial charge in [0.25, 0.3) is 0 Å². The number of aliphatic hydroxyl groups excluding tert-OH is 1. The minimum Gasteiger partial charge on any atom is -0.486 e. The normalized spacial score (nSPS) is 24.0. The number of fused-ring (bicyclic) bond motifs is 1. The zero-order valence-electron chi connectivity index (χ0n) is 10.7. The SMILES string of the molecule is OC(c1cc2c(cc1Br)OCCO2)C1CCCCN1. The Labute approximate surface area is 121 Å². The standard InChI is InChI=1S/C14H18BrNO3/c15-10-8-13-12(18-5-6-19-13)7-9(10)14(17)11-3-1-2-4-16-11/h7-8,11,14,16-17H,1-6H2. The van der Waals surface area contributed by atoms with Crippen molar-refractivity contribution in [3.63, 3.8) is 0 Å². The van der Waals surface area contributed by atoms with E-state index < -0.39 is 6.10 Å². The first kappa shape index (κ1) is 13.2. The number of ether oxygens (including phenoxy) is 2. The average Bonchev–Trinajstić information content (AvgIpc) is 2.47. The van der Waals surface area contributed by atoms with Gasteiger partial charge in [-0.1, -0.05) is 22.4 Å². The molecule has 0 aliphatic carbocycles. The van der Waals surface area contributed by atoms with Crippen molar-refractivity contribution in [3.8, 4) is 11.5 Å². The second kappa shape index (κ2) is 5.69. The van der Waals surface area contributed by atoms with Gasteiger partial charge in [-0.15, -0.1) is 0 Å². The number of benzene rings is 1. The Hall–Kier alpha value is -0.780. The molecule has 0 radical (unpaired) electrons.